The van der Waals surface area contributed by atoms with Crippen molar-refractivity contribution in [2.24, 2.45) is 5.92 Å². The maximum atomic E-state index is 13.0. The SMILES string of the molecule is COc1ccc(CC2CCN(C(=O)c3ccc4nc(C)c(C)nc4c3)CC2)cc1. The van der Waals surface area contributed by atoms with Crippen LogP contribution in [0.2, 0.25) is 0 Å². The van der Waals surface area contributed by atoms with Gasteiger partial charge in [0.2, 0.25) is 0 Å². The molecule has 3 aromatic rings. The van der Waals surface area contributed by atoms with E-state index in [9.17, 15) is 4.79 Å². The number of amides is 1. The lowest BCUT2D eigenvalue weighted by Crippen LogP contribution is -2.38. The van der Waals surface area contributed by atoms with Crippen molar-refractivity contribution in [2.45, 2.75) is 33.1 Å². The number of rotatable bonds is 4. The summed E-state index contributed by atoms with van der Waals surface area (Å²) in [6.07, 6.45) is 3.11. The number of hydrogen-bond donors (Lipinski definition) is 0. The van der Waals surface area contributed by atoms with E-state index in [1.165, 1.54) is 5.56 Å². The lowest BCUT2D eigenvalue weighted by atomic mass is 9.90. The number of aromatic nitrogens is 2. The van der Waals surface area contributed by atoms with Gasteiger partial charge in [-0.05, 0) is 74.9 Å². The van der Waals surface area contributed by atoms with Crippen LogP contribution < -0.4 is 4.74 Å². The number of benzene rings is 2. The molecule has 1 aliphatic rings. The molecule has 1 aliphatic heterocycles. The van der Waals surface area contributed by atoms with Crippen LogP contribution in [0.25, 0.3) is 11.0 Å². The molecule has 1 saturated heterocycles. The Labute approximate surface area is 171 Å². The van der Waals surface area contributed by atoms with Gasteiger partial charge in [0, 0.05) is 18.7 Å². The van der Waals surface area contributed by atoms with Crippen molar-refractivity contribution in [3.8, 4) is 5.75 Å². The summed E-state index contributed by atoms with van der Waals surface area (Å²) in [4.78, 5) is 24.1. The van der Waals surface area contributed by atoms with E-state index in [1.54, 1.807) is 7.11 Å². The van der Waals surface area contributed by atoms with Gasteiger partial charge in [-0.2, -0.15) is 0 Å². The summed E-state index contributed by atoms with van der Waals surface area (Å²) in [5, 5.41) is 0. The minimum atomic E-state index is 0.0924. The van der Waals surface area contributed by atoms with Crippen LogP contribution in [0, 0.1) is 19.8 Å². The van der Waals surface area contributed by atoms with Crippen molar-refractivity contribution in [1.29, 1.82) is 0 Å². The van der Waals surface area contributed by atoms with Gasteiger partial charge in [-0.15, -0.1) is 0 Å². The predicted octanol–water partition coefficient (Wildman–Crippen LogP) is 4.35. The number of ether oxygens (including phenoxy) is 1. The summed E-state index contributed by atoms with van der Waals surface area (Å²) < 4.78 is 5.23. The first-order chi connectivity index (χ1) is 14.0. The summed E-state index contributed by atoms with van der Waals surface area (Å²) in [6.45, 7) is 5.51. The number of carbonyl (C=O) groups is 1. The normalized spacial score (nSPS) is 14.9. The van der Waals surface area contributed by atoms with Gasteiger partial charge in [0.15, 0.2) is 0 Å². The van der Waals surface area contributed by atoms with Crippen LogP contribution in [0.15, 0.2) is 42.5 Å². The average molecular weight is 389 g/mol. The lowest BCUT2D eigenvalue weighted by molar-refractivity contribution is 0.0690. The Morgan fingerprint density at radius 2 is 1.66 bits per heavy atom. The van der Waals surface area contributed by atoms with Crippen molar-refractivity contribution in [3.63, 3.8) is 0 Å². The Hall–Kier alpha value is -2.95. The molecule has 4 rings (SSSR count). The molecule has 1 amide bonds. The smallest absolute Gasteiger partial charge is 0.253 e. The van der Waals surface area contributed by atoms with Crippen molar-refractivity contribution in [2.75, 3.05) is 20.2 Å². The third-order valence-corrected chi connectivity index (χ3v) is 5.91. The summed E-state index contributed by atoms with van der Waals surface area (Å²) in [6, 6.07) is 13.9. The van der Waals surface area contributed by atoms with Crippen molar-refractivity contribution >= 4 is 16.9 Å². The molecule has 0 spiro atoms. The maximum absolute atomic E-state index is 13.0. The number of hydrogen-bond acceptors (Lipinski definition) is 4. The summed E-state index contributed by atoms with van der Waals surface area (Å²) in [7, 11) is 1.69. The second kappa shape index (κ2) is 8.19. The Morgan fingerprint density at radius 3 is 2.31 bits per heavy atom. The number of carbonyl (C=O) groups excluding carboxylic acids is 1. The van der Waals surface area contributed by atoms with Gasteiger partial charge in [0.1, 0.15) is 5.75 Å². The van der Waals surface area contributed by atoms with E-state index < -0.39 is 0 Å². The Balaban J connectivity index is 1.39. The highest BCUT2D eigenvalue weighted by atomic mass is 16.5. The molecule has 0 atom stereocenters. The third kappa shape index (κ3) is 4.24. The van der Waals surface area contributed by atoms with Gasteiger partial charge in [-0.1, -0.05) is 12.1 Å². The molecule has 5 heteroatoms. The maximum Gasteiger partial charge on any atom is 0.253 e. The molecule has 5 nitrogen and oxygen atoms in total. The number of aryl methyl sites for hydroxylation is 2. The predicted molar refractivity (Wildman–Crippen MR) is 114 cm³/mol. The lowest BCUT2D eigenvalue weighted by Gasteiger charge is -2.32. The fraction of sp³-hybridized carbons (Fsp3) is 0.375. The monoisotopic (exact) mass is 389 g/mol. The minimum Gasteiger partial charge on any atom is -0.497 e. The molecule has 150 valence electrons. The second-order valence-corrected chi connectivity index (χ2v) is 7.89. The third-order valence-electron chi connectivity index (χ3n) is 5.91. The molecule has 1 fully saturated rings. The molecule has 0 N–H and O–H groups in total. The minimum absolute atomic E-state index is 0.0924. The molecule has 29 heavy (non-hydrogen) atoms. The van der Waals surface area contributed by atoms with Crippen molar-refractivity contribution < 1.29 is 9.53 Å². The van der Waals surface area contributed by atoms with E-state index in [1.807, 2.05) is 49.1 Å². The van der Waals surface area contributed by atoms with Crippen LogP contribution >= 0.6 is 0 Å². The second-order valence-electron chi connectivity index (χ2n) is 7.89. The van der Waals surface area contributed by atoms with Crippen LogP contribution in [-0.4, -0.2) is 41.0 Å². The number of nitrogens with zero attached hydrogens (tertiary/aromatic N) is 3. The molecule has 1 aromatic heterocycles. The van der Waals surface area contributed by atoms with Crippen molar-refractivity contribution in [1.82, 2.24) is 14.9 Å². The van der Waals surface area contributed by atoms with Gasteiger partial charge >= 0.3 is 0 Å². The Morgan fingerprint density at radius 1 is 1.00 bits per heavy atom. The molecule has 0 unspecified atom stereocenters. The standard InChI is InChI=1S/C24H27N3O2/c1-16-17(2)26-23-15-20(6-9-22(23)25-16)24(28)27-12-10-19(11-13-27)14-18-4-7-21(29-3)8-5-18/h4-9,15,19H,10-14H2,1-3H3. The highest BCUT2D eigenvalue weighted by Gasteiger charge is 2.24. The van der Waals surface area contributed by atoms with E-state index in [4.69, 9.17) is 4.74 Å². The van der Waals surface area contributed by atoms with Crippen LogP contribution in [0.3, 0.4) is 0 Å². The first-order valence-corrected chi connectivity index (χ1v) is 10.2. The van der Waals surface area contributed by atoms with E-state index >= 15 is 0 Å². The quantitative estimate of drug-likeness (QED) is 0.666. The van der Waals surface area contributed by atoms with Gasteiger partial charge < -0.3 is 9.64 Å². The van der Waals surface area contributed by atoms with Crippen LogP contribution in [-0.2, 0) is 6.42 Å². The van der Waals surface area contributed by atoms with E-state index in [0.29, 0.717) is 11.5 Å². The number of methoxy groups -OCH3 is 1. The Kier molecular flexibility index (Phi) is 5.47. The topological polar surface area (TPSA) is 55.3 Å². The van der Waals surface area contributed by atoms with Crippen LogP contribution in [0.1, 0.15) is 40.2 Å². The summed E-state index contributed by atoms with van der Waals surface area (Å²) in [5.41, 5.74) is 5.48. The molecular weight excluding hydrogens is 362 g/mol. The van der Waals surface area contributed by atoms with E-state index in [0.717, 1.165) is 60.5 Å². The summed E-state index contributed by atoms with van der Waals surface area (Å²) in [5.74, 6) is 1.59. The van der Waals surface area contributed by atoms with Gasteiger partial charge in [0.05, 0.1) is 29.5 Å². The number of fused-ring (bicyclic) bond motifs is 1. The molecule has 0 radical (unpaired) electrons. The fourth-order valence-corrected chi connectivity index (χ4v) is 3.98. The van der Waals surface area contributed by atoms with E-state index in [-0.39, 0.29) is 5.91 Å². The highest BCUT2D eigenvalue weighted by molar-refractivity contribution is 5.97. The molecular formula is C24H27N3O2. The zero-order valence-electron chi connectivity index (χ0n) is 17.3. The highest BCUT2D eigenvalue weighted by Crippen LogP contribution is 2.24. The first kappa shape index (κ1) is 19.4. The molecule has 2 aromatic carbocycles. The molecule has 0 bridgehead atoms. The zero-order valence-corrected chi connectivity index (χ0v) is 17.3. The number of piperidine rings is 1. The largest absolute Gasteiger partial charge is 0.497 e. The van der Waals surface area contributed by atoms with Gasteiger partial charge in [0.25, 0.3) is 5.91 Å². The van der Waals surface area contributed by atoms with Gasteiger partial charge in [-0.25, -0.2) is 9.97 Å². The first-order valence-electron chi connectivity index (χ1n) is 10.2. The summed E-state index contributed by atoms with van der Waals surface area (Å²) >= 11 is 0. The zero-order chi connectivity index (χ0) is 20.4. The van der Waals surface area contributed by atoms with Crippen LogP contribution in [0.5, 0.6) is 5.75 Å². The fourth-order valence-electron chi connectivity index (χ4n) is 3.98. The number of likely N-dealkylation sites (tertiary alicyclic amines) is 1. The Bertz CT molecular complexity index is 1020. The molecule has 2 heterocycles. The van der Waals surface area contributed by atoms with Crippen LogP contribution in [0.4, 0.5) is 0 Å². The average Bonchev–Trinajstić information content (AvgIpc) is 2.75. The molecule has 0 aliphatic carbocycles. The van der Waals surface area contributed by atoms with Crippen molar-refractivity contribution in [3.05, 3.63) is 65.0 Å². The van der Waals surface area contributed by atoms with Gasteiger partial charge in [-0.3, -0.25) is 4.79 Å². The van der Waals surface area contributed by atoms with E-state index in [2.05, 4.69) is 22.1 Å². The molecule has 0 saturated carbocycles.